The number of nitrogens with zero attached hydrogens (tertiary/aromatic N) is 2. The molecule has 4 atom stereocenters. The van der Waals surface area contributed by atoms with Gasteiger partial charge in [-0.3, -0.25) is 4.79 Å². The van der Waals surface area contributed by atoms with Crippen LogP contribution in [-0.4, -0.2) is 74.2 Å². The van der Waals surface area contributed by atoms with Gasteiger partial charge in [0.1, 0.15) is 11.9 Å². The lowest BCUT2D eigenvalue weighted by Gasteiger charge is -2.37. The third-order valence-electron chi connectivity index (χ3n) is 9.77. The maximum Gasteiger partial charge on any atom is 0.409 e. The third kappa shape index (κ3) is 10.6. The highest BCUT2D eigenvalue weighted by molar-refractivity contribution is 6.30. The predicted molar refractivity (Wildman–Crippen MR) is 196 cm³/mol. The molecule has 3 aromatic carbocycles. The Kier molecular flexibility index (Phi) is 14.5. The van der Waals surface area contributed by atoms with Crippen LogP contribution in [0.3, 0.4) is 0 Å². The monoisotopic (exact) mass is 690 g/mol. The van der Waals surface area contributed by atoms with Crippen LogP contribution in [0.2, 0.25) is 5.02 Å². The van der Waals surface area contributed by atoms with Gasteiger partial charge in [-0.15, -0.1) is 0 Å². The van der Waals surface area contributed by atoms with Crippen LogP contribution in [0.1, 0.15) is 55.4 Å². The number of hydrogen-bond acceptors (Lipinski definition) is 5. The molecule has 1 fully saturated rings. The van der Waals surface area contributed by atoms with Crippen LogP contribution in [0.5, 0.6) is 0 Å². The third-order valence-corrected chi connectivity index (χ3v) is 10.0. The molecule has 0 aromatic heterocycles. The average molecular weight is 691 g/mol. The van der Waals surface area contributed by atoms with Crippen molar-refractivity contribution >= 4 is 23.6 Å². The number of piperazine rings is 1. The molecular formula is C40H52ClFN4O3. The first kappa shape index (κ1) is 37.9. The Balaban J connectivity index is 0.000000269. The molecule has 7 nitrogen and oxygen atoms in total. The number of hydrogen-bond donors (Lipinski definition) is 2. The Hall–Kier alpha value is -3.88. The van der Waals surface area contributed by atoms with Gasteiger partial charge in [-0.1, -0.05) is 93.0 Å². The zero-order valence-corrected chi connectivity index (χ0v) is 30.1. The van der Waals surface area contributed by atoms with Gasteiger partial charge >= 0.3 is 6.09 Å². The number of benzene rings is 3. The maximum atomic E-state index is 13.5. The maximum absolute atomic E-state index is 13.5. The van der Waals surface area contributed by atoms with Crippen LogP contribution in [0.4, 0.5) is 9.18 Å². The summed E-state index contributed by atoms with van der Waals surface area (Å²) in [6.45, 7) is 14.7. The number of fused-ring (bicyclic) bond motifs is 1. The van der Waals surface area contributed by atoms with E-state index in [-0.39, 0.29) is 29.8 Å². The minimum atomic E-state index is -0.379. The summed E-state index contributed by atoms with van der Waals surface area (Å²) in [6, 6.07) is 22.8. The Morgan fingerprint density at radius 1 is 1.02 bits per heavy atom. The van der Waals surface area contributed by atoms with Gasteiger partial charge in [-0.2, -0.15) is 0 Å². The first-order valence-corrected chi connectivity index (χ1v) is 17.9. The first-order chi connectivity index (χ1) is 23.6. The molecule has 0 spiro atoms. The van der Waals surface area contributed by atoms with E-state index in [2.05, 4.69) is 53.1 Å². The van der Waals surface area contributed by atoms with Gasteiger partial charge in [0.15, 0.2) is 0 Å². The quantitative estimate of drug-likeness (QED) is 0.222. The molecule has 1 saturated heterocycles. The highest BCUT2D eigenvalue weighted by atomic mass is 35.5. The van der Waals surface area contributed by atoms with Crippen molar-refractivity contribution in [3.8, 4) is 0 Å². The summed E-state index contributed by atoms with van der Waals surface area (Å²) in [5, 5.41) is 7.65. The van der Waals surface area contributed by atoms with Crippen LogP contribution in [0, 0.1) is 17.7 Å². The highest BCUT2D eigenvalue weighted by Gasteiger charge is 2.32. The molecule has 2 aliphatic rings. The Labute approximate surface area is 296 Å². The number of ether oxygens (including phenoxy) is 1. The number of carbonyl (C=O) groups excluding carboxylic acids is 2. The lowest BCUT2D eigenvalue weighted by Crippen LogP contribution is -2.54. The van der Waals surface area contributed by atoms with Crippen LogP contribution in [-0.2, 0) is 28.8 Å². The predicted octanol–water partition coefficient (Wildman–Crippen LogP) is 7.24. The van der Waals surface area contributed by atoms with Gasteiger partial charge in [-0.05, 0) is 66.1 Å². The molecule has 264 valence electrons. The van der Waals surface area contributed by atoms with Crippen molar-refractivity contribution in [1.29, 1.82) is 0 Å². The normalized spacial score (nSPS) is 18.2. The topological polar surface area (TPSA) is 73.9 Å². The van der Waals surface area contributed by atoms with Crippen molar-refractivity contribution in [2.75, 3.05) is 46.4 Å². The van der Waals surface area contributed by atoms with Crippen LogP contribution >= 0.6 is 11.6 Å². The zero-order valence-electron chi connectivity index (χ0n) is 29.4. The number of nitrogens with one attached hydrogen (secondary N) is 2. The van der Waals surface area contributed by atoms with Gasteiger partial charge in [0.2, 0.25) is 5.91 Å². The first-order valence-electron chi connectivity index (χ1n) is 17.5. The molecule has 0 radical (unpaired) electrons. The standard InChI is InChI=1S/C27H34ClN3O.C13H18FNO2/c1-3-21-17-22-6-4-5-7-23(22)18-25(21)19(2)30-26(16-20-8-10-24(28)11-9-20)27(32)31-14-12-29-13-15-31;1-4-15(13(16)17-3)9-10(2)11-7-5-6-8-12(11)14/h4-11,21,25-26,29-30H,2-3,12-18H2,1H3;5-8,10H,4,9H2,1-3H3. The molecular weight excluding hydrogens is 639 g/mol. The molecule has 1 heterocycles. The summed E-state index contributed by atoms with van der Waals surface area (Å²) < 4.78 is 18.2. The molecule has 4 unspecified atom stereocenters. The van der Waals surface area contributed by atoms with E-state index in [4.69, 9.17) is 11.6 Å². The number of allylic oxidation sites excluding steroid dienone is 1. The van der Waals surface area contributed by atoms with Crippen molar-refractivity contribution < 1.29 is 18.7 Å². The minimum absolute atomic E-state index is 0.0600. The fraction of sp³-hybridized carbons (Fsp3) is 0.450. The minimum Gasteiger partial charge on any atom is -0.453 e. The molecule has 2 N–H and O–H groups in total. The molecule has 3 aromatic rings. The summed E-state index contributed by atoms with van der Waals surface area (Å²) in [7, 11) is 1.35. The van der Waals surface area contributed by atoms with E-state index in [0.717, 1.165) is 56.7 Å². The lowest BCUT2D eigenvalue weighted by atomic mass is 9.73. The Morgan fingerprint density at radius 2 is 1.65 bits per heavy atom. The van der Waals surface area contributed by atoms with Gasteiger partial charge in [0.25, 0.3) is 0 Å². The molecule has 0 bridgehead atoms. The Bertz CT molecular complexity index is 1530. The molecule has 49 heavy (non-hydrogen) atoms. The summed E-state index contributed by atoms with van der Waals surface area (Å²) in [5.41, 5.74) is 5.58. The van der Waals surface area contributed by atoms with E-state index in [1.807, 2.05) is 43.0 Å². The smallest absolute Gasteiger partial charge is 0.409 e. The van der Waals surface area contributed by atoms with Gasteiger partial charge in [0, 0.05) is 68.2 Å². The van der Waals surface area contributed by atoms with E-state index >= 15 is 0 Å². The number of halogens is 2. The number of rotatable bonds is 11. The van der Waals surface area contributed by atoms with E-state index in [9.17, 15) is 14.0 Å². The fourth-order valence-electron chi connectivity index (χ4n) is 6.88. The van der Waals surface area contributed by atoms with Crippen molar-refractivity contribution in [2.24, 2.45) is 11.8 Å². The molecule has 2 amide bonds. The number of likely N-dealkylation sites (N-methyl/N-ethyl adjacent to an activating group) is 1. The van der Waals surface area contributed by atoms with Crippen molar-refractivity contribution in [3.63, 3.8) is 0 Å². The largest absolute Gasteiger partial charge is 0.453 e. The number of amides is 2. The van der Waals surface area contributed by atoms with E-state index in [0.29, 0.717) is 41.9 Å². The van der Waals surface area contributed by atoms with E-state index in [1.165, 1.54) is 24.3 Å². The second-order valence-corrected chi connectivity index (χ2v) is 13.4. The lowest BCUT2D eigenvalue weighted by molar-refractivity contribution is -0.133. The van der Waals surface area contributed by atoms with E-state index < -0.39 is 0 Å². The summed E-state index contributed by atoms with van der Waals surface area (Å²) in [6.07, 6.45) is 3.41. The van der Waals surface area contributed by atoms with Crippen molar-refractivity contribution in [2.45, 2.75) is 58.4 Å². The molecule has 9 heteroatoms. The fourth-order valence-corrected chi connectivity index (χ4v) is 7.00. The highest BCUT2D eigenvalue weighted by Crippen LogP contribution is 2.35. The summed E-state index contributed by atoms with van der Waals surface area (Å²) >= 11 is 6.08. The van der Waals surface area contributed by atoms with Crippen LogP contribution in [0.15, 0.2) is 85.1 Å². The van der Waals surface area contributed by atoms with Crippen LogP contribution < -0.4 is 10.6 Å². The summed E-state index contributed by atoms with van der Waals surface area (Å²) in [5.74, 6) is 0.733. The van der Waals surface area contributed by atoms with Gasteiger partial charge < -0.3 is 25.2 Å². The van der Waals surface area contributed by atoms with Crippen molar-refractivity contribution in [1.82, 2.24) is 20.4 Å². The number of methoxy groups -OCH3 is 1. The second-order valence-electron chi connectivity index (χ2n) is 13.0. The van der Waals surface area contributed by atoms with Crippen molar-refractivity contribution in [3.05, 3.63) is 118 Å². The van der Waals surface area contributed by atoms with Gasteiger partial charge in [-0.25, -0.2) is 9.18 Å². The molecule has 1 aliphatic carbocycles. The second kappa shape index (κ2) is 18.8. The molecule has 1 aliphatic heterocycles. The Morgan fingerprint density at radius 3 is 2.27 bits per heavy atom. The van der Waals surface area contributed by atoms with Crippen LogP contribution in [0.25, 0.3) is 0 Å². The summed E-state index contributed by atoms with van der Waals surface area (Å²) in [4.78, 5) is 28.4. The molecule has 5 rings (SSSR count). The number of carbonyl (C=O) groups is 2. The van der Waals surface area contributed by atoms with E-state index in [1.54, 1.807) is 23.1 Å². The average Bonchev–Trinajstić information content (AvgIpc) is 3.13. The molecule has 0 saturated carbocycles. The zero-order chi connectivity index (χ0) is 35.3. The SMILES string of the molecule is C=C(NC(Cc1ccc(Cl)cc1)C(=O)N1CCNCC1)C1Cc2ccccc2CC1CC.CCN(CC(C)c1ccccc1F)C(=O)OC. The van der Waals surface area contributed by atoms with Gasteiger partial charge in [0.05, 0.1) is 7.11 Å².